The van der Waals surface area contributed by atoms with Gasteiger partial charge in [0.25, 0.3) is 0 Å². The van der Waals surface area contributed by atoms with E-state index in [2.05, 4.69) is 45.4 Å². The minimum Gasteiger partial charge on any atom is -0.497 e. The van der Waals surface area contributed by atoms with E-state index in [0.29, 0.717) is 17.9 Å². The number of rotatable bonds is 6. The van der Waals surface area contributed by atoms with Gasteiger partial charge < -0.3 is 24.8 Å². The van der Waals surface area contributed by atoms with Crippen LogP contribution in [0.25, 0.3) is 0 Å². The molecule has 38 heavy (non-hydrogen) atoms. The topological polar surface area (TPSA) is 65.1 Å². The number of carbonyl (C=O) groups excluding carboxylic acids is 2. The van der Waals surface area contributed by atoms with Crippen molar-refractivity contribution in [1.82, 2.24) is 14.7 Å². The first-order chi connectivity index (χ1) is 18.6. The van der Waals surface area contributed by atoms with Crippen molar-refractivity contribution in [3.8, 4) is 5.75 Å². The van der Waals surface area contributed by atoms with Gasteiger partial charge in [-0.05, 0) is 93.8 Å². The van der Waals surface area contributed by atoms with Gasteiger partial charge in [-0.1, -0.05) is 30.3 Å². The van der Waals surface area contributed by atoms with Gasteiger partial charge in [0.2, 0.25) is 5.91 Å². The van der Waals surface area contributed by atoms with Gasteiger partial charge in [-0.3, -0.25) is 4.79 Å². The summed E-state index contributed by atoms with van der Waals surface area (Å²) in [7, 11) is 1.63. The van der Waals surface area contributed by atoms with Crippen molar-refractivity contribution >= 4 is 17.6 Å². The van der Waals surface area contributed by atoms with Crippen LogP contribution in [0, 0.1) is 11.8 Å². The number of nitrogens with zero attached hydrogens (tertiary/aromatic N) is 3. The second-order valence-corrected chi connectivity index (χ2v) is 11.1. The zero-order valence-electron chi connectivity index (χ0n) is 22.7. The number of carbonyl (C=O) groups is 2. The maximum Gasteiger partial charge on any atom is 0.321 e. The van der Waals surface area contributed by atoms with Gasteiger partial charge in [0.05, 0.1) is 7.11 Å². The second kappa shape index (κ2) is 12.7. The monoisotopic (exact) mass is 518 g/mol. The Kier molecular flexibility index (Phi) is 8.84. The van der Waals surface area contributed by atoms with Crippen LogP contribution >= 0.6 is 0 Å². The molecular formula is C31H42N4O3. The maximum atomic E-state index is 13.3. The quantitative estimate of drug-likeness (QED) is 0.592. The fourth-order valence-electron chi connectivity index (χ4n) is 6.39. The summed E-state index contributed by atoms with van der Waals surface area (Å²) in [6, 6.07) is 18.6. The number of hydrogen-bond acceptors (Lipinski definition) is 4. The van der Waals surface area contributed by atoms with Crippen LogP contribution in [0.1, 0.15) is 44.1 Å². The first-order valence-electron chi connectivity index (χ1n) is 14.4. The molecule has 0 bridgehead atoms. The Balaban J connectivity index is 1.01. The van der Waals surface area contributed by atoms with Crippen molar-refractivity contribution in [2.75, 3.05) is 51.7 Å². The van der Waals surface area contributed by atoms with Crippen LogP contribution in [0.2, 0.25) is 0 Å². The highest BCUT2D eigenvalue weighted by atomic mass is 16.5. The van der Waals surface area contributed by atoms with Crippen molar-refractivity contribution in [3.05, 3.63) is 60.2 Å². The molecule has 7 heteroatoms. The Morgan fingerprint density at radius 1 is 0.789 bits per heavy atom. The van der Waals surface area contributed by atoms with E-state index >= 15 is 0 Å². The number of methoxy groups -OCH3 is 1. The van der Waals surface area contributed by atoms with Crippen LogP contribution in [0.4, 0.5) is 10.5 Å². The van der Waals surface area contributed by atoms with Crippen LogP contribution in [0.15, 0.2) is 54.6 Å². The predicted octanol–water partition coefficient (Wildman–Crippen LogP) is 4.88. The van der Waals surface area contributed by atoms with Gasteiger partial charge in [-0.25, -0.2) is 4.79 Å². The highest BCUT2D eigenvalue weighted by molar-refractivity contribution is 5.89. The van der Waals surface area contributed by atoms with Crippen molar-refractivity contribution in [2.45, 2.75) is 51.0 Å². The third-order valence-corrected chi connectivity index (χ3v) is 8.78. The van der Waals surface area contributed by atoms with E-state index in [0.717, 1.165) is 95.7 Å². The van der Waals surface area contributed by atoms with E-state index in [-0.39, 0.29) is 11.9 Å². The Morgan fingerprint density at radius 3 is 2.05 bits per heavy atom. The number of ether oxygens (including phenoxy) is 1. The Labute approximate surface area is 227 Å². The average Bonchev–Trinajstić information content (AvgIpc) is 2.98. The van der Waals surface area contributed by atoms with E-state index in [1.54, 1.807) is 7.11 Å². The molecule has 0 spiro atoms. The minimum absolute atomic E-state index is 0.0366. The largest absolute Gasteiger partial charge is 0.497 e. The fourth-order valence-corrected chi connectivity index (χ4v) is 6.39. The summed E-state index contributed by atoms with van der Waals surface area (Å²) in [5, 5.41) is 3.00. The molecule has 3 aliphatic heterocycles. The molecule has 3 saturated heterocycles. The standard InChI is InChI=1S/C31H42N4O3/c1-38-29-9-7-27(8-10-29)32-31(37)35-21-15-28(16-22-35)33-19-13-26(14-20-33)30(36)34-17-11-25(12-18-34)23-24-5-3-2-4-6-24/h2-10,25-26,28H,11-23H2,1H3,(H,32,37). The molecule has 3 aliphatic rings. The third kappa shape index (κ3) is 6.68. The summed E-state index contributed by atoms with van der Waals surface area (Å²) >= 11 is 0. The fraction of sp³-hybridized carbons (Fsp3) is 0.548. The summed E-state index contributed by atoms with van der Waals surface area (Å²) < 4.78 is 5.18. The second-order valence-electron chi connectivity index (χ2n) is 11.1. The van der Waals surface area contributed by atoms with Crippen LogP contribution in [0.5, 0.6) is 5.75 Å². The molecule has 0 radical (unpaired) electrons. The molecule has 2 aromatic rings. The lowest BCUT2D eigenvalue weighted by Gasteiger charge is -2.42. The number of hydrogen-bond donors (Lipinski definition) is 1. The molecule has 3 fully saturated rings. The Morgan fingerprint density at radius 2 is 1.42 bits per heavy atom. The summed E-state index contributed by atoms with van der Waals surface area (Å²) in [6.45, 7) is 5.33. The summed E-state index contributed by atoms with van der Waals surface area (Å²) in [6.07, 6.45) is 7.26. The van der Waals surface area contributed by atoms with Gasteiger partial charge in [0.1, 0.15) is 5.75 Å². The minimum atomic E-state index is -0.0366. The van der Waals surface area contributed by atoms with Crippen LogP contribution in [0.3, 0.4) is 0 Å². The van der Waals surface area contributed by atoms with Gasteiger partial charge in [-0.2, -0.15) is 0 Å². The number of likely N-dealkylation sites (tertiary alicyclic amines) is 3. The van der Waals surface area contributed by atoms with Crippen LogP contribution in [-0.2, 0) is 11.2 Å². The van der Waals surface area contributed by atoms with E-state index in [1.165, 1.54) is 5.56 Å². The van der Waals surface area contributed by atoms with Gasteiger partial charge in [0.15, 0.2) is 0 Å². The molecule has 204 valence electrons. The van der Waals surface area contributed by atoms with Gasteiger partial charge in [0, 0.05) is 43.8 Å². The summed E-state index contributed by atoms with van der Waals surface area (Å²) in [4.78, 5) is 32.6. The first kappa shape index (κ1) is 26.5. The Hall–Kier alpha value is -3.06. The molecule has 0 atom stereocenters. The SMILES string of the molecule is COc1ccc(NC(=O)N2CCC(N3CCC(C(=O)N4CCC(Cc5ccccc5)CC4)CC3)CC2)cc1. The molecule has 0 saturated carbocycles. The lowest BCUT2D eigenvalue weighted by molar-refractivity contribution is -0.138. The van der Waals surface area contributed by atoms with Crippen molar-refractivity contribution in [2.24, 2.45) is 11.8 Å². The molecule has 1 N–H and O–H groups in total. The Bertz CT molecular complexity index is 1040. The number of anilines is 1. The van der Waals surface area contributed by atoms with Crippen LogP contribution in [-0.4, -0.2) is 79.1 Å². The summed E-state index contributed by atoms with van der Waals surface area (Å²) in [5.74, 6) is 2.02. The molecule has 7 nitrogen and oxygen atoms in total. The molecular weight excluding hydrogens is 476 g/mol. The van der Waals surface area contributed by atoms with Gasteiger partial charge >= 0.3 is 6.03 Å². The number of piperidine rings is 3. The van der Waals surface area contributed by atoms with Crippen molar-refractivity contribution in [1.29, 1.82) is 0 Å². The van der Waals surface area contributed by atoms with Crippen molar-refractivity contribution < 1.29 is 14.3 Å². The number of nitrogens with one attached hydrogen (secondary N) is 1. The normalized spacial score (nSPS) is 20.3. The molecule has 0 aromatic heterocycles. The number of benzene rings is 2. The molecule has 3 amide bonds. The van der Waals surface area contributed by atoms with E-state index in [1.807, 2.05) is 29.2 Å². The van der Waals surface area contributed by atoms with E-state index in [4.69, 9.17) is 4.74 Å². The number of amides is 3. The molecule has 0 aliphatic carbocycles. The molecule has 0 unspecified atom stereocenters. The molecule has 2 aromatic carbocycles. The smallest absolute Gasteiger partial charge is 0.321 e. The lowest BCUT2D eigenvalue weighted by atomic mass is 9.88. The lowest BCUT2D eigenvalue weighted by Crippen LogP contribution is -2.51. The highest BCUT2D eigenvalue weighted by Gasteiger charge is 2.34. The highest BCUT2D eigenvalue weighted by Crippen LogP contribution is 2.28. The zero-order valence-corrected chi connectivity index (χ0v) is 22.7. The van der Waals surface area contributed by atoms with Crippen LogP contribution < -0.4 is 10.1 Å². The van der Waals surface area contributed by atoms with E-state index < -0.39 is 0 Å². The van der Waals surface area contributed by atoms with E-state index in [9.17, 15) is 9.59 Å². The number of urea groups is 1. The maximum absolute atomic E-state index is 13.3. The molecule has 5 rings (SSSR count). The third-order valence-electron chi connectivity index (χ3n) is 8.78. The predicted molar refractivity (Wildman–Crippen MR) is 150 cm³/mol. The molecule has 3 heterocycles. The average molecular weight is 519 g/mol. The van der Waals surface area contributed by atoms with Crippen molar-refractivity contribution in [3.63, 3.8) is 0 Å². The first-order valence-corrected chi connectivity index (χ1v) is 14.4. The summed E-state index contributed by atoms with van der Waals surface area (Å²) in [5.41, 5.74) is 2.19. The zero-order chi connectivity index (χ0) is 26.3. The van der Waals surface area contributed by atoms with Gasteiger partial charge in [-0.15, -0.1) is 0 Å².